The van der Waals surface area contributed by atoms with Crippen molar-refractivity contribution in [1.29, 1.82) is 0 Å². The summed E-state index contributed by atoms with van der Waals surface area (Å²) in [6.45, 7) is 0.648. The van der Waals surface area contributed by atoms with Gasteiger partial charge in [-0.25, -0.2) is 22.0 Å². The van der Waals surface area contributed by atoms with Gasteiger partial charge >= 0.3 is 0 Å². The van der Waals surface area contributed by atoms with Gasteiger partial charge in [0.2, 0.25) is 26.0 Å². The van der Waals surface area contributed by atoms with Gasteiger partial charge in [0.05, 0.1) is 15.7 Å². The van der Waals surface area contributed by atoms with E-state index in [4.69, 9.17) is 16.7 Å². The van der Waals surface area contributed by atoms with Crippen LogP contribution in [0.25, 0.3) is 0 Å². The van der Waals surface area contributed by atoms with Gasteiger partial charge in [0.15, 0.2) is 0 Å². The number of hydrogen-bond acceptors (Lipinski definition) is 5. The third-order valence-electron chi connectivity index (χ3n) is 4.92. The summed E-state index contributed by atoms with van der Waals surface area (Å²) in [6.07, 6.45) is 1.16. The minimum atomic E-state index is -3.77. The lowest BCUT2D eigenvalue weighted by Crippen LogP contribution is -2.45. The van der Waals surface area contributed by atoms with Crippen molar-refractivity contribution in [1.82, 2.24) is 9.62 Å². The molecular weight excluding hydrogens is 450 g/mol. The molecule has 1 fully saturated rings. The number of nitrogens with one attached hydrogen (secondary N) is 1. The Balaban J connectivity index is 1.62. The van der Waals surface area contributed by atoms with Crippen LogP contribution in [0.15, 0.2) is 58.3 Å². The molecule has 0 bridgehead atoms. The molecule has 0 saturated carbocycles. The molecule has 3 N–H and O–H groups in total. The van der Waals surface area contributed by atoms with Crippen molar-refractivity contribution in [3.8, 4) is 0 Å². The molecule has 2 aromatic carbocycles. The molecule has 1 aliphatic heterocycles. The Morgan fingerprint density at radius 1 is 1.03 bits per heavy atom. The van der Waals surface area contributed by atoms with Gasteiger partial charge in [-0.2, -0.15) is 4.31 Å². The monoisotopic (exact) mass is 471 g/mol. The Kier molecular flexibility index (Phi) is 6.83. The second-order valence-corrected chi connectivity index (χ2v) is 11.0. The molecule has 11 heteroatoms. The number of benzene rings is 2. The summed E-state index contributed by atoms with van der Waals surface area (Å²) in [5.41, 5.74) is 0.706. The minimum Gasteiger partial charge on any atom is -0.352 e. The van der Waals surface area contributed by atoms with E-state index in [1.54, 1.807) is 12.1 Å². The Hall–Kier alpha value is -1.98. The van der Waals surface area contributed by atoms with E-state index in [1.807, 2.05) is 0 Å². The first-order valence-corrected chi connectivity index (χ1v) is 12.6. The Morgan fingerprint density at radius 3 is 2.23 bits per heavy atom. The third-order valence-corrected chi connectivity index (χ3v) is 7.99. The number of nitrogens with zero attached hydrogens (tertiary/aromatic N) is 1. The normalized spacial score (nSPS) is 18.1. The standard InChI is InChI=1S/C19H22ClN3O5S2/c20-16-5-9-18(10-6-16)30(27,28)23-11-1-2-15(13-23)19(24)22-12-14-3-7-17(8-4-14)29(21,25)26/h3-10,15H,1-2,11-13H2,(H,22,24)(H2,21,25,26). The summed E-state index contributed by atoms with van der Waals surface area (Å²) in [5.74, 6) is -0.717. The van der Waals surface area contributed by atoms with Gasteiger partial charge in [0.1, 0.15) is 0 Å². The lowest BCUT2D eigenvalue weighted by atomic mass is 9.99. The largest absolute Gasteiger partial charge is 0.352 e. The average Bonchev–Trinajstić information content (AvgIpc) is 2.72. The van der Waals surface area contributed by atoms with E-state index in [2.05, 4.69) is 5.32 Å². The first-order chi connectivity index (χ1) is 14.1. The van der Waals surface area contributed by atoms with E-state index in [0.29, 0.717) is 30.0 Å². The van der Waals surface area contributed by atoms with E-state index in [9.17, 15) is 21.6 Å². The second-order valence-electron chi connectivity index (χ2n) is 7.06. The van der Waals surface area contributed by atoms with Crippen LogP contribution in [0, 0.1) is 5.92 Å². The van der Waals surface area contributed by atoms with Crippen LogP contribution in [0.4, 0.5) is 0 Å². The molecule has 30 heavy (non-hydrogen) atoms. The quantitative estimate of drug-likeness (QED) is 0.663. The highest BCUT2D eigenvalue weighted by Crippen LogP contribution is 2.25. The van der Waals surface area contributed by atoms with Gasteiger partial charge in [-0.15, -0.1) is 0 Å². The number of piperidine rings is 1. The number of carbonyl (C=O) groups excluding carboxylic acids is 1. The maximum atomic E-state index is 12.9. The van der Waals surface area contributed by atoms with Crippen LogP contribution in [0.5, 0.6) is 0 Å². The first kappa shape index (κ1) is 22.7. The highest BCUT2D eigenvalue weighted by atomic mass is 35.5. The molecule has 162 valence electrons. The Morgan fingerprint density at radius 2 is 1.63 bits per heavy atom. The van der Waals surface area contributed by atoms with Crippen molar-refractivity contribution in [2.24, 2.45) is 11.1 Å². The number of primary sulfonamides is 1. The number of rotatable bonds is 6. The second kappa shape index (κ2) is 9.03. The Labute approximate surface area is 181 Å². The highest BCUT2D eigenvalue weighted by molar-refractivity contribution is 7.89. The molecule has 0 spiro atoms. The fourth-order valence-corrected chi connectivity index (χ4v) is 5.43. The molecule has 1 atom stereocenters. The van der Waals surface area contributed by atoms with Crippen LogP contribution in [0.3, 0.4) is 0 Å². The maximum Gasteiger partial charge on any atom is 0.243 e. The summed E-state index contributed by atoms with van der Waals surface area (Å²) >= 11 is 5.83. The van der Waals surface area contributed by atoms with Gasteiger partial charge in [-0.3, -0.25) is 4.79 Å². The summed E-state index contributed by atoms with van der Waals surface area (Å²) in [7, 11) is -7.48. The number of nitrogens with two attached hydrogens (primary N) is 1. The molecule has 3 rings (SSSR count). The molecular formula is C19H22ClN3O5S2. The topological polar surface area (TPSA) is 127 Å². The fraction of sp³-hybridized carbons (Fsp3) is 0.316. The molecule has 1 saturated heterocycles. The molecule has 1 unspecified atom stereocenters. The Bertz CT molecular complexity index is 1120. The first-order valence-electron chi connectivity index (χ1n) is 9.22. The number of hydrogen-bond donors (Lipinski definition) is 2. The SMILES string of the molecule is NS(=O)(=O)c1ccc(CNC(=O)C2CCCN(S(=O)(=O)c3ccc(Cl)cc3)C2)cc1. The van der Waals surface area contributed by atoms with E-state index in [-0.39, 0.29) is 28.8 Å². The molecule has 0 radical (unpaired) electrons. The number of amides is 1. The average molecular weight is 472 g/mol. The predicted molar refractivity (Wildman–Crippen MR) is 113 cm³/mol. The van der Waals surface area contributed by atoms with Crippen LogP contribution in [-0.2, 0) is 31.4 Å². The number of halogens is 1. The van der Waals surface area contributed by atoms with E-state index in [1.165, 1.54) is 40.7 Å². The number of sulfonamides is 2. The smallest absolute Gasteiger partial charge is 0.243 e. The van der Waals surface area contributed by atoms with E-state index < -0.39 is 26.0 Å². The molecule has 0 aromatic heterocycles. The lowest BCUT2D eigenvalue weighted by molar-refractivity contribution is -0.126. The molecule has 1 aliphatic rings. The van der Waals surface area contributed by atoms with Crippen molar-refractivity contribution in [2.45, 2.75) is 29.2 Å². The van der Waals surface area contributed by atoms with Gasteiger partial charge in [-0.1, -0.05) is 23.7 Å². The summed E-state index contributed by atoms with van der Waals surface area (Å²) in [5, 5.41) is 8.30. The zero-order chi connectivity index (χ0) is 21.9. The minimum absolute atomic E-state index is 0.00657. The van der Waals surface area contributed by atoms with Crippen LogP contribution in [0.1, 0.15) is 18.4 Å². The van der Waals surface area contributed by atoms with Crippen LogP contribution < -0.4 is 10.5 Å². The van der Waals surface area contributed by atoms with Gasteiger partial charge in [0, 0.05) is 24.7 Å². The predicted octanol–water partition coefficient (Wildman–Crippen LogP) is 1.70. The van der Waals surface area contributed by atoms with Crippen molar-refractivity contribution in [3.05, 3.63) is 59.1 Å². The summed E-state index contributed by atoms with van der Waals surface area (Å²) in [6, 6.07) is 11.8. The fourth-order valence-electron chi connectivity index (χ4n) is 3.26. The summed E-state index contributed by atoms with van der Waals surface area (Å²) in [4.78, 5) is 12.7. The van der Waals surface area contributed by atoms with Crippen molar-refractivity contribution < 1.29 is 21.6 Å². The van der Waals surface area contributed by atoms with Crippen molar-refractivity contribution >= 4 is 37.6 Å². The lowest BCUT2D eigenvalue weighted by Gasteiger charge is -2.31. The molecule has 0 aliphatic carbocycles. The van der Waals surface area contributed by atoms with Gasteiger partial charge < -0.3 is 5.32 Å². The highest BCUT2D eigenvalue weighted by Gasteiger charge is 2.33. The molecule has 2 aromatic rings. The number of carbonyl (C=O) groups is 1. The van der Waals surface area contributed by atoms with Crippen molar-refractivity contribution in [2.75, 3.05) is 13.1 Å². The van der Waals surface area contributed by atoms with Crippen molar-refractivity contribution in [3.63, 3.8) is 0 Å². The third kappa shape index (κ3) is 5.38. The van der Waals surface area contributed by atoms with Gasteiger partial charge in [0.25, 0.3) is 0 Å². The molecule has 1 heterocycles. The van der Waals surface area contributed by atoms with E-state index >= 15 is 0 Å². The summed E-state index contributed by atoms with van der Waals surface area (Å²) < 4.78 is 49.6. The van der Waals surface area contributed by atoms with Crippen LogP contribution in [0.2, 0.25) is 5.02 Å². The van der Waals surface area contributed by atoms with E-state index in [0.717, 1.165) is 0 Å². The zero-order valence-corrected chi connectivity index (χ0v) is 18.4. The maximum absolute atomic E-state index is 12.9. The van der Waals surface area contributed by atoms with Gasteiger partial charge in [-0.05, 0) is 54.8 Å². The van der Waals surface area contributed by atoms with Crippen LogP contribution >= 0.6 is 11.6 Å². The molecule has 1 amide bonds. The zero-order valence-electron chi connectivity index (χ0n) is 16.0. The molecule has 8 nitrogen and oxygen atoms in total. The van der Waals surface area contributed by atoms with Crippen LogP contribution in [-0.4, -0.2) is 40.1 Å².